The molecular formula is C3H4ClNO2S. The molecule has 0 unspecified atom stereocenters. The van der Waals surface area contributed by atoms with E-state index in [0.717, 1.165) is 0 Å². The first-order chi connectivity index (χ1) is 3.66. The minimum Gasteiger partial charge on any atom is -0.453 e. The van der Waals surface area contributed by atoms with E-state index < -0.39 is 6.09 Å². The van der Waals surface area contributed by atoms with E-state index in [-0.39, 0.29) is 4.45 Å². The smallest absolute Gasteiger partial charge is 0.412 e. The van der Waals surface area contributed by atoms with E-state index in [1.54, 1.807) is 0 Å². The van der Waals surface area contributed by atoms with Gasteiger partial charge in [0, 0.05) is 0 Å². The van der Waals surface area contributed by atoms with Crippen LogP contribution in [0.1, 0.15) is 0 Å². The summed E-state index contributed by atoms with van der Waals surface area (Å²) in [5, 5.41) is 2.03. The number of hydrogen-bond acceptors (Lipinski definition) is 3. The second kappa shape index (κ2) is 3.63. The molecule has 0 aromatic heterocycles. The second-order valence-corrected chi connectivity index (χ2v) is 1.90. The van der Waals surface area contributed by atoms with E-state index in [2.05, 4.69) is 17.0 Å². The molecule has 0 radical (unpaired) electrons. The first kappa shape index (κ1) is 7.65. The topological polar surface area (TPSA) is 38.3 Å². The van der Waals surface area contributed by atoms with Crippen molar-refractivity contribution in [3.8, 4) is 0 Å². The average Bonchev–Trinajstić information content (AvgIpc) is 1.65. The number of hydrogen-bond donors (Lipinski definition) is 1. The molecule has 0 saturated heterocycles. The van der Waals surface area contributed by atoms with Gasteiger partial charge in [-0.05, 0) is 12.2 Å². The zero-order chi connectivity index (χ0) is 6.57. The van der Waals surface area contributed by atoms with E-state index in [1.165, 1.54) is 7.11 Å². The molecule has 1 amide bonds. The van der Waals surface area contributed by atoms with Crippen LogP contribution in [-0.4, -0.2) is 17.7 Å². The lowest BCUT2D eigenvalue weighted by Gasteiger charge is -1.95. The molecular weight excluding hydrogens is 150 g/mol. The Balaban J connectivity index is 3.40. The molecule has 0 spiro atoms. The van der Waals surface area contributed by atoms with Crippen LogP contribution in [0.15, 0.2) is 0 Å². The lowest BCUT2D eigenvalue weighted by molar-refractivity contribution is 0.177. The Kier molecular flexibility index (Phi) is 3.47. The molecule has 0 aliphatic heterocycles. The van der Waals surface area contributed by atoms with Gasteiger partial charge in [-0.1, -0.05) is 11.6 Å². The molecule has 0 saturated carbocycles. The van der Waals surface area contributed by atoms with Gasteiger partial charge in [-0.15, -0.1) is 0 Å². The van der Waals surface area contributed by atoms with Gasteiger partial charge < -0.3 is 4.74 Å². The minimum atomic E-state index is -0.648. The summed E-state index contributed by atoms with van der Waals surface area (Å²) in [6.45, 7) is 0. The maximum Gasteiger partial charge on any atom is 0.412 e. The average molecular weight is 154 g/mol. The molecule has 3 nitrogen and oxygen atoms in total. The monoisotopic (exact) mass is 153 g/mol. The summed E-state index contributed by atoms with van der Waals surface area (Å²) in [6, 6.07) is 0. The standard InChI is InChI=1S/C3H4ClNO2S/c1-7-3(6)5-2(4)8/h1H3,(H,5,6,8). The molecule has 0 aliphatic carbocycles. The van der Waals surface area contributed by atoms with Crippen molar-refractivity contribution in [2.24, 2.45) is 0 Å². The van der Waals surface area contributed by atoms with E-state index in [0.29, 0.717) is 0 Å². The van der Waals surface area contributed by atoms with Crippen molar-refractivity contribution in [3.63, 3.8) is 0 Å². The van der Waals surface area contributed by atoms with E-state index >= 15 is 0 Å². The summed E-state index contributed by atoms with van der Waals surface area (Å²) < 4.78 is 4.03. The number of alkyl carbamates (subject to hydrolysis) is 1. The molecule has 0 aromatic rings. The van der Waals surface area contributed by atoms with E-state index in [1.807, 2.05) is 5.32 Å². The van der Waals surface area contributed by atoms with Crippen LogP contribution >= 0.6 is 23.8 Å². The van der Waals surface area contributed by atoms with Crippen molar-refractivity contribution < 1.29 is 9.53 Å². The third-order valence-electron chi connectivity index (χ3n) is 0.386. The fraction of sp³-hybridized carbons (Fsp3) is 0.333. The number of methoxy groups -OCH3 is 1. The molecule has 5 heteroatoms. The van der Waals surface area contributed by atoms with Crippen LogP contribution in [0.3, 0.4) is 0 Å². The number of halogens is 1. The normalized spacial score (nSPS) is 7.75. The Labute approximate surface area is 57.0 Å². The summed E-state index contributed by atoms with van der Waals surface area (Å²) in [5.74, 6) is 0. The largest absolute Gasteiger partial charge is 0.453 e. The molecule has 0 rings (SSSR count). The Hall–Kier alpha value is -0.350. The quantitative estimate of drug-likeness (QED) is 0.319. The van der Waals surface area contributed by atoms with Crippen molar-refractivity contribution in [1.29, 1.82) is 0 Å². The van der Waals surface area contributed by atoms with Crippen LogP contribution in [-0.2, 0) is 4.74 Å². The van der Waals surface area contributed by atoms with Gasteiger partial charge >= 0.3 is 6.09 Å². The molecule has 1 N–H and O–H groups in total. The highest BCUT2D eigenvalue weighted by Gasteiger charge is 1.96. The predicted octanol–water partition coefficient (Wildman–Crippen LogP) is 0.866. The fourth-order valence-electron chi connectivity index (χ4n) is 0.131. The maximum atomic E-state index is 10.1. The van der Waals surface area contributed by atoms with E-state index in [4.69, 9.17) is 11.6 Å². The maximum absolute atomic E-state index is 10.1. The highest BCUT2D eigenvalue weighted by molar-refractivity contribution is 7.83. The first-order valence-electron chi connectivity index (χ1n) is 1.71. The molecule has 8 heavy (non-hydrogen) atoms. The number of carbonyl (C=O) groups excluding carboxylic acids is 1. The number of nitrogens with one attached hydrogen (secondary N) is 1. The van der Waals surface area contributed by atoms with Crippen LogP contribution in [0.5, 0.6) is 0 Å². The number of carbonyl (C=O) groups is 1. The summed E-state index contributed by atoms with van der Waals surface area (Å²) in [6.07, 6.45) is -0.648. The third kappa shape index (κ3) is 3.83. The van der Waals surface area contributed by atoms with Gasteiger partial charge in [-0.3, -0.25) is 5.32 Å². The van der Waals surface area contributed by atoms with Gasteiger partial charge in [0.1, 0.15) is 0 Å². The summed E-state index contributed by atoms with van der Waals surface area (Å²) in [4.78, 5) is 10.1. The van der Waals surface area contributed by atoms with Crippen molar-refractivity contribution in [2.45, 2.75) is 0 Å². The van der Waals surface area contributed by atoms with Crippen molar-refractivity contribution in [2.75, 3.05) is 7.11 Å². The zero-order valence-electron chi connectivity index (χ0n) is 4.10. The molecule has 0 aliphatic rings. The molecule has 0 fully saturated rings. The van der Waals surface area contributed by atoms with Gasteiger partial charge in [0.2, 0.25) is 0 Å². The highest BCUT2D eigenvalue weighted by atomic mass is 35.5. The van der Waals surface area contributed by atoms with Crippen molar-refractivity contribution in [1.82, 2.24) is 5.32 Å². The highest BCUT2D eigenvalue weighted by Crippen LogP contribution is 1.79. The van der Waals surface area contributed by atoms with Crippen molar-refractivity contribution >= 4 is 34.4 Å². The SMILES string of the molecule is COC(=O)NC(=S)Cl. The zero-order valence-corrected chi connectivity index (χ0v) is 5.68. The molecule has 0 aromatic carbocycles. The lowest BCUT2D eigenvalue weighted by atomic mass is 11.1. The summed E-state index contributed by atoms with van der Waals surface area (Å²) in [5.41, 5.74) is 0. The fourth-order valence-corrected chi connectivity index (χ4v) is 0.292. The molecule has 0 bridgehead atoms. The Morgan fingerprint density at radius 3 is 2.50 bits per heavy atom. The molecule has 0 heterocycles. The molecule has 46 valence electrons. The van der Waals surface area contributed by atoms with Gasteiger partial charge in [-0.25, -0.2) is 4.79 Å². The number of thiocarbonyl (C=S) groups is 1. The number of amides is 1. The Morgan fingerprint density at radius 1 is 1.88 bits per heavy atom. The van der Waals surface area contributed by atoms with Gasteiger partial charge in [0.05, 0.1) is 7.11 Å². The summed E-state index contributed by atoms with van der Waals surface area (Å²) >= 11 is 9.36. The lowest BCUT2D eigenvalue weighted by Crippen LogP contribution is -2.24. The van der Waals surface area contributed by atoms with Gasteiger partial charge in [0.15, 0.2) is 4.45 Å². The first-order valence-corrected chi connectivity index (χ1v) is 2.50. The summed E-state index contributed by atoms with van der Waals surface area (Å²) in [7, 11) is 1.23. The van der Waals surface area contributed by atoms with Crippen LogP contribution in [0.25, 0.3) is 0 Å². The van der Waals surface area contributed by atoms with Crippen LogP contribution in [0.2, 0.25) is 0 Å². The van der Waals surface area contributed by atoms with Gasteiger partial charge in [0.25, 0.3) is 0 Å². The van der Waals surface area contributed by atoms with Crippen molar-refractivity contribution in [3.05, 3.63) is 0 Å². The van der Waals surface area contributed by atoms with E-state index in [9.17, 15) is 4.79 Å². The molecule has 0 atom stereocenters. The van der Waals surface area contributed by atoms with Gasteiger partial charge in [-0.2, -0.15) is 0 Å². The van der Waals surface area contributed by atoms with Crippen LogP contribution < -0.4 is 5.32 Å². The van der Waals surface area contributed by atoms with Crippen LogP contribution in [0.4, 0.5) is 4.79 Å². The van der Waals surface area contributed by atoms with Crippen LogP contribution in [0, 0.1) is 0 Å². The Bertz CT molecular complexity index is 116. The Morgan fingerprint density at radius 2 is 2.38 bits per heavy atom. The number of ether oxygens (including phenoxy) is 1. The second-order valence-electron chi connectivity index (χ2n) is 0.890. The third-order valence-corrected chi connectivity index (χ3v) is 0.582. The number of rotatable bonds is 0. The predicted molar refractivity (Wildman–Crippen MR) is 34.0 cm³/mol. The minimum absolute atomic E-state index is 0.114.